The summed E-state index contributed by atoms with van der Waals surface area (Å²) in [5.74, 6) is -0.458. The number of hydrogen-bond donors (Lipinski definition) is 0. The van der Waals surface area contributed by atoms with Gasteiger partial charge in [0.15, 0.2) is 0 Å². The van der Waals surface area contributed by atoms with Crippen LogP contribution in [0.2, 0.25) is 5.02 Å². The van der Waals surface area contributed by atoms with E-state index in [1.165, 1.54) is 6.07 Å². The van der Waals surface area contributed by atoms with Gasteiger partial charge in [0.1, 0.15) is 12.4 Å². The van der Waals surface area contributed by atoms with Gasteiger partial charge in [-0.2, -0.15) is 0 Å². The number of hydrogen-bond acceptors (Lipinski definition) is 3. The van der Waals surface area contributed by atoms with Crippen LogP contribution in [0.5, 0.6) is 5.75 Å². The third kappa shape index (κ3) is 5.61. The smallest absolute Gasteiger partial charge is 0.545 e. The van der Waals surface area contributed by atoms with Crippen LogP contribution in [-0.4, -0.2) is 5.97 Å². The Morgan fingerprint density at radius 3 is 2.38 bits per heavy atom. The van der Waals surface area contributed by atoms with Crippen LogP contribution in [-0.2, 0) is 13.0 Å². The van der Waals surface area contributed by atoms with Crippen molar-refractivity contribution in [2.75, 3.05) is 0 Å². The van der Waals surface area contributed by atoms with Crippen molar-refractivity contribution in [1.29, 1.82) is 0 Å². The zero-order valence-corrected chi connectivity index (χ0v) is 17.2. The van der Waals surface area contributed by atoms with Gasteiger partial charge in [-0.15, -0.1) is 0 Å². The first kappa shape index (κ1) is 20.5. The molecule has 0 unspecified atom stereocenters. The molecule has 3 aromatic carbocycles. The predicted octanol–water partition coefficient (Wildman–Crippen LogP) is 0.877. The van der Waals surface area contributed by atoms with Gasteiger partial charge in [-0.25, -0.2) is 0 Å². The van der Waals surface area contributed by atoms with Gasteiger partial charge in [0.25, 0.3) is 0 Å². The van der Waals surface area contributed by atoms with Crippen LogP contribution < -0.4 is 39.4 Å². The number of carbonyl (C=O) groups is 1. The van der Waals surface area contributed by atoms with Crippen LogP contribution >= 0.6 is 11.6 Å². The Morgan fingerprint density at radius 2 is 1.65 bits per heavy atom. The number of halogens is 1. The van der Waals surface area contributed by atoms with Gasteiger partial charge in [-0.1, -0.05) is 60.1 Å². The molecule has 0 aromatic heterocycles. The number of rotatable bonds is 6. The molecule has 0 aliphatic heterocycles. The summed E-state index contributed by atoms with van der Waals surface area (Å²) in [6, 6.07) is 22.0. The molecule has 0 bridgehead atoms. The molecule has 0 heterocycles. The van der Waals surface area contributed by atoms with E-state index < -0.39 is 5.97 Å². The molecular weight excluding hydrogens is 359 g/mol. The summed E-state index contributed by atoms with van der Waals surface area (Å²) in [4.78, 5) is 11.0. The second-order valence-electron chi connectivity index (χ2n) is 5.69. The van der Waals surface area contributed by atoms with Crippen LogP contribution in [0, 0.1) is 0 Å². The molecule has 3 nitrogen and oxygen atoms in total. The molecule has 0 saturated carbocycles. The Balaban J connectivity index is 0.00000243. The summed E-state index contributed by atoms with van der Waals surface area (Å²) in [6.07, 6.45) is 0.520. The zero-order valence-electron chi connectivity index (χ0n) is 14.4. The van der Waals surface area contributed by atoms with E-state index in [2.05, 4.69) is 0 Å². The van der Waals surface area contributed by atoms with Crippen molar-refractivity contribution >= 4 is 17.6 Å². The summed E-state index contributed by atoms with van der Waals surface area (Å²) in [7, 11) is 0. The molecule has 0 atom stereocenters. The summed E-state index contributed by atoms with van der Waals surface area (Å²) in [6.45, 7) is 0.453. The Morgan fingerprint density at radius 1 is 0.923 bits per heavy atom. The molecule has 126 valence electrons. The topological polar surface area (TPSA) is 49.4 Å². The third-order valence-electron chi connectivity index (χ3n) is 3.82. The minimum absolute atomic E-state index is 0. The second kappa shape index (κ2) is 9.79. The zero-order chi connectivity index (χ0) is 17.6. The molecule has 0 N–H and O–H groups in total. The molecular formula is C21H16ClNaO3. The average Bonchev–Trinajstić information content (AvgIpc) is 2.62. The minimum Gasteiger partial charge on any atom is -0.545 e. The number of carboxylic acid groups (broad SMARTS) is 1. The van der Waals surface area contributed by atoms with E-state index in [0.29, 0.717) is 18.1 Å². The summed E-state index contributed by atoms with van der Waals surface area (Å²) < 4.78 is 5.94. The monoisotopic (exact) mass is 374 g/mol. The number of carbonyl (C=O) groups excluding carboxylic acids is 1. The largest absolute Gasteiger partial charge is 1.00 e. The Kier molecular flexibility index (Phi) is 7.73. The second-order valence-corrected chi connectivity index (χ2v) is 6.13. The molecule has 0 saturated heterocycles. The van der Waals surface area contributed by atoms with Gasteiger partial charge in [-0.3, -0.25) is 0 Å². The number of aromatic carboxylic acids is 1. The van der Waals surface area contributed by atoms with E-state index in [0.717, 1.165) is 22.4 Å². The van der Waals surface area contributed by atoms with Crippen molar-refractivity contribution < 1.29 is 44.2 Å². The van der Waals surface area contributed by atoms with Gasteiger partial charge < -0.3 is 14.6 Å². The van der Waals surface area contributed by atoms with E-state index in [1.807, 2.05) is 48.5 Å². The molecule has 26 heavy (non-hydrogen) atoms. The Bertz CT molecular complexity index is 881. The fraction of sp³-hybridized carbons (Fsp3) is 0.0952. The van der Waals surface area contributed by atoms with Gasteiger partial charge in [0.05, 0.1) is 5.97 Å². The maximum atomic E-state index is 11.0. The van der Waals surface area contributed by atoms with E-state index in [-0.39, 0.29) is 35.1 Å². The van der Waals surface area contributed by atoms with E-state index in [9.17, 15) is 9.90 Å². The quantitative estimate of drug-likeness (QED) is 0.602. The van der Waals surface area contributed by atoms with Crippen molar-refractivity contribution in [2.24, 2.45) is 0 Å². The molecule has 0 radical (unpaired) electrons. The van der Waals surface area contributed by atoms with Crippen LogP contribution in [0.1, 0.15) is 27.0 Å². The first-order chi connectivity index (χ1) is 12.1. The molecule has 5 heteroatoms. The summed E-state index contributed by atoms with van der Waals surface area (Å²) >= 11 is 6.12. The van der Waals surface area contributed by atoms with E-state index in [4.69, 9.17) is 16.3 Å². The Hall–Kier alpha value is -1.78. The van der Waals surface area contributed by atoms with Crippen LogP contribution in [0.25, 0.3) is 0 Å². The van der Waals surface area contributed by atoms with Crippen molar-refractivity contribution in [3.63, 3.8) is 0 Å². The fourth-order valence-corrected chi connectivity index (χ4v) is 2.79. The van der Waals surface area contributed by atoms with Crippen LogP contribution in [0.3, 0.4) is 0 Å². The SMILES string of the molecule is O=C([O-])c1cccc(Cc2cc(Cl)ccc2OCc2ccccc2)c1.[Na+]. The summed E-state index contributed by atoms with van der Waals surface area (Å²) in [5, 5.41) is 11.6. The standard InChI is InChI=1S/C21H17ClO3.Na/c22-19-9-10-20(25-14-15-5-2-1-3-6-15)18(13-19)12-16-7-4-8-17(11-16)21(23)24;/h1-11,13H,12,14H2,(H,23,24);/q;+1/p-1. The predicted molar refractivity (Wildman–Crippen MR) is 95.8 cm³/mol. The number of ether oxygens (including phenoxy) is 1. The molecule has 0 spiro atoms. The molecule has 3 aromatic rings. The van der Waals surface area contributed by atoms with Crippen molar-refractivity contribution in [1.82, 2.24) is 0 Å². The Labute approximate surface area is 179 Å². The van der Waals surface area contributed by atoms with Gasteiger partial charge in [-0.05, 0) is 46.5 Å². The first-order valence-corrected chi connectivity index (χ1v) is 8.25. The molecule has 3 rings (SSSR count). The van der Waals surface area contributed by atoms with Crippen molar-refractivity contribution in [3.05, 3.63) is 100 Å². The first-order valence-electron chi connectivity index (χ1n) is 7.87. The normalized spacial score (nSPS) is 10.0. The fourth-order valence-electron chi connectivity index (χ4n) is 2.59. The number of benzene rings is 3. The molecule has 0 amide bonds. The van der Waals surface area contributed by atoms with Crippen LogP contribution in [0.4, 0.5) is 0 Å². The van der Waals surface area contributed by atoms with Crippen molar-refractivity contribution in [3.8, 4) is 5.75 Å². The minimum atomic E-state index is -1.19. The van der Waals surface area contributed by atoms with Crippen LogP contribution in [0.15, 0.2) is 72.8 Å². The van der Waals surface area contributed by atoms with Crippen molar-refractivity contribution in [2.45, 2.75) is 13.0 Å². The molecule has 0 aliphatic carbocycles. The third-order valence-corrected chi connectivity index (χ3v) is 4.05. The van der Waals surface area contributed by atoms with Gasteiger partial charge in [0, 0.05) is 11.4 Å². The van der Waals surface area contributed by atoms with Gasteiger partial charge >= 0.3 is 29.6 Å². The molecule has 0 fully saturated rings. The summed E-state index contributed by atoms with van der Waals surface area (Å²) in [5.41, 5.74) is 2.99. The maximum Gasteiger partial charge on any atom is 1.00 e. The van der Waals surface area contributed by atoms with Gasteiger partial charge in [0.2, 0.25) is 0 Å². The van der Waals surface area contributed by atoms with E-state index >= 15 is 0 Å². The number of carboxylic acids is 1. The maximum absolute atomic E-state index is 11.0. The van der Waals surface area contributed by atoms with E-state index in [1.54, 1.807) is 18.2 Å². The molecule has 0 aliphatic rings. The average molecular weight is 375 g/mol.